The first-order valence-corrected chi connectivity index (χ1v) is 8.42. The van der Waals surface area contributed by atoms with E-state index in [-0.39, 0.29) is 12.3 Å². The van der Waals surface area contributed by atoms with Crippen LogP contribution in [-0.4, -0.2) is 44.3 Å². The van der Waals surface area contributed by atoms with Gasteiger partial charge < -0.3 is 23.5 Å². The molecule has 25 heavy (non-hydrogen) atoms. The van der Waals surface area contributed by atoms with Gasteiger partial charge in [0, 0.05) is 13.7 Å². The average Bonchev–Trinajstić information content (AvgIpc) is 3.11. The zero-order valence-corrected chi connectivity index (χ0v) is 14.8. The molecule has 1 aliphatic rings. The number of ether oxygens (including phenoxy) is 3. The molecule has 0 saturated heterocycles. The Labute approximate surface area is 151 Å². The molecule has 1 aromatic carbocycles. The van der Waals surface area contributed by atoms with Gasteiger partial charge in [0.2, 0.25) is 5.91 Å². The zero-order valence-electron chi connectivity index (χ0n) is 14.0. The summed E-state index contributed by atoms with van der Waals surface area (Å²) in [5.41, 5.74) is 0.779. The van der Waals surface area contributed by atoms with E-state index in [9.17, 15) is 4.79 Å². The molecule has 7 heteroatoms. The van der Waals surface area contributed by atoms with Crippen molar-refractivity contribution in [2.24, 2.45) is 0 Å². The quantitative estimate of drug-likeness (QED) is 0.755. The molecular weight excluding hydrogens is 346 g/mol. The van der Waals surface area contributed by atoms with Gasteiger partial charge in [-0.05, 0) is 29.8 Å². The topological polar surface area (TPSA) is 61.1 Å². The van der Waals surface area contributed by atoms with E-state index in [4.69, 9.17) is 30.2 Å². The van der Waals surface area contributed by atoms with Crippen LogP contribution in [0, 0.1) is 0 Å². The lowest BCUT2D eigenvalue weighted by atomic mass is 10.1. The third-order valence-electron chi connectivity index (χ3n) is 3.86. The minimum Gasteiger partial charge on any atom is -0.486 e. The SMILES string of the molecule is COCCN(Cc1ccco1)C(=O)Cc1cc(Cl)c2c(c1)OCCO2. The fourth-order valence-electron chi connectivity index (χ4n) is 2.64. The van der Waals surface area contributed by atoms with Crippen molar-refractivity contribution in [3.63, 3.8) is 0 Å². The van der Waals surface area contributed by atoms with Crippen LogP contribution >= 0.6 is 11.6 Å². The largest absolute Gasteiger partial charge is 0.486 e. The molecule has 1 aromatic heterocycles. The third-order valence-corrected chi connectivity index (χ3v) is 4.14. The second-order valence-electron chi connectivity index (χ2n) is 5.67. The highest BCUT2D eigenvalue weighted by atomic mass is 35.5. The van der Waals surface area contributed by atoms with Gasteiger partial charge in [-0.2, -0.15) is 0 Å². The molecule has 0 spiro atoms. The molecule has 2 heterocycles. The Balaban J connectivity index is 1.72. The normalized spacial score (nSPS) is 12.9. The van der Waals surface area contributed by atoms with Crippen LogP contribution in [0.1, 0.15) is 11.3 Å². The van der Waals surface area contributed by atoms with Gasteiger partial charge in [0.05, 0.1) is 30.9 Å². The van der Waals surface area contributed by atoms with Crippen LogP contribution in [0.2, 0.25) is 5.02 Å². The third kappa shape index (κ3) is 4.46. The molecule has 0 bridgehead atoms. The zero-order chi connectivity index (χ0) is 17.6. The van der Waals surface area contributed by atoms with Crippen LogP contribution in [0.5, 0.6) is 11.5 Å². The summed E-state index contributed by atoms with van der Waals surface area (Å²) in [6.07, 6.45) is 1.80. The van der Waals surface area contributed by atoms with Crippen molar-refractivity contribution in [3.8, 4) is 11.5 Å². The average molecular weight is 366 g/mol. The molecule has 0 saturated carbocycles. The van der Waals surface area contributed by atoms with Crippen LogP contribution in [0.4, 0.5) is 0 Å². The standard InChI is InChI=1S/C18H20ClNO5/c1-22-6-4-20(12-14-3-2-5-23-14)17(21)11-13-9-15(19)18-16(10-13)24-7-8-25-18/h2-3,5,9-10H,4,6-8,11-12H2,1H3. The molecule has 134 valence electrons. The molecule has 3 rings (SSSR count). The summed E-state index contributed by atoms with van der Waals surface area (Å²) in [5.74, 6) is 1.80. The van der Waals surface area contributed by atoms with Crippen molar-refractivity contribution >= 4 is 17.5 Å². The minimum atomic E-state index is -0.0406. The smallest absolute Gasteiger partial charge is 0.227 e. The van der Waals surface area contributed by atoms with E-state index in [0.29, 0.717) is 49.4 Å². The number of carbonyl (C=O) groups is 1. The number of rotatable bonds is 7. The van der Waals surface area contributed by atoms with E-state index in [1.165, 1.54) is 0 Å². The maximum Gasteiger partial charge on any atom is 0.227 e. The highest BCUT2D eigenvalue weighted by Crippen LogP contribution is 2.38. The van der Waals surface area contributed by atoms with E-state index in [2.05, 4.69) is 0 Å². The van der Waals surface area contributed by atoms with Gasteiger partial charge in [0.1, 0.15) is 19.0 Å². The van der Waals surface area contributed by atoms with Gasteiger partial charge in [0.25, 0.3) is 0 Å². The number of amides is 1. The van der Waals surface area contributed by atoms with E-state index in [1.807, 2.05) is 6.07 Å². The van der Waals surface area contributed by atoms with Gasteiger partial charge in [-0.1, -0.05) is 11.6 Å². The van der Waals surface area contributed by atoms with Crippen LogP contribution in [0.15, 0.2) is 34.9 Å². The minimum absolute atomic E-state index is 0.0406. The Kier molecular flexibility index (Phi) is 5.83. The van der Waals surface area contributed by atoms with Gasteiger partial charge in [-0.15, -0.1) is 0 Å². The molecule has 0 unspecified atom stereocenters. The second-order valence-corrected chi connectivity index (χ2v) is 6.07. The van der Waals surface area contributed by atoms with Gasteiger partial charge >= 0.3 is 0 Å². The van der Waals surface area contributed by atoms with Crippen LogP contribution < -0.4 is 9.47 Å². The molecule has 0 N–H and O–H groups in total. The summed E-state index contributed by atoms with van der Waals surface area (Å²) in [4.78, 5) is 14.4. The van der Waals surface area contributed by atoms with Crippen molar-refractivity contribution < 1.29 is 23.4 Å². The Morgan fingerprint density at radius 3 is 2.92 bits per heavy atom. The Morgan fingerprint density at radius 1 is 1.32 bits per heavy atom. The van der Waals surface area contributed by atoms with Gasteiger partial charge in [-0.3, -0.25) is 4.79 Å². The number of hydrogen-bond acceptors (Lipinski definition) is 5. The highest BCUT2D eigenvalue weighted by molar-refractivity contribution is 6.32. The first kappa shape index (κ1) is 17.6. The number of methoxy groups -OCH3 is 1. The lowest BCUT2D eigenvalue weighted by Crippen LogP contribution is -2.34. The molecule has 2 aromatic rings. The first-order valence-electron chi connectivity index (χ1n) is 8.04. The van der Waals surface area contributed by atoms with E-state index in [1.54, 1.807) is 36.5 Å². The number of halogens is 1. The lowest BCUT2D eigenvalue weighted by molar-refractivity contribution is -0.132. The summed E-state index contributed by atoms with van der Waals surface area (Å²) in [5, 5.41) is 0.453. The number of hydrogen-bond donors (Lipinski definition) is 0. The predicted octanol–water partition coefficient (Wildman–Crippen LogP) is 2.92. The second kappa shape index (κ2) is 8.27. The Morgan fingerprint density at radius 2 is 2.16 bits per heavy atom. The molecule has 0 aliphatic carbocycles. The summed E-state index contributed by atoms with van der Waals surface area (Å²) in [6.45, 7) is 2.27. The maximum absolute atomic E-state index is 12.7. The monoisotopic (exact) mass is 365 g/mol. The molecule has 0 atom stereocenters. The van der Waals surface area contributed by atoms with Gasteiger partial charge in [-0.25, -0.2) is 0 Å². The number of carbonyl (C=O) groups excluding carboxylic acids is 1. The summed E-state index contributed by atoms with van der Waals surface area (Å²) >= 11 is 6.24. The summed E-state index contributed by atoms with van der Waals surface area (Å²) in [7, 11) is 1.61. The van der Waals surface area contributed by atoms with Crippen molar-refractivity contribution in [1.29, 1.82) is 0 Å². The maximum atomic E-state index is 12.7. The fourth-order valence-corrected chi connectivity index (χ4v) is 2.92. The first-order chi connectivity index (χ1) is 12.2. The summed E-state index contributed by atoms with van der Waals surface area (Å²) in [6, 6.07) is 7.19. The van der Waals surface area contributed by atoms with Crippen molar-refractivity contribution in [2.75, 3.05) is 33.5 Å². The number of fused-ring (bicyclic) bond motifs is 1. The van der Waals surface area contributed by atoms with Crippen molar-refractivity contribution in [3.05, 3.63) is 46.9 Å². The number of nitrogens with zero attached hydrogens (tertiary/aromatic N) is 1. The van der Waals surface area contributed by atoms with E-state index in [0.717, 1.165) is 11.3 Å². The van der Waals surface area contributed by atoms with E-state index >= 15 is 0 Å². The van der Waals surface area contributed by atoms with Crippen LogP contribution in [0.3, 0.4) is 0 Å². The van der Waals surface area contributed by atoms with Crippen LogP contribution in [-0.2, 0) is 22.5 Å². The molecule has 1 aliphatic heterocycles. The Hall–Kier alpha value is -2.18. The van der Waals surface area contributed by atoms with Crippen molar-refractivity contribution in [1.82, 2.24) is 4.90 Å². The predicted molar refractivity (Wildman–Crippen MR) is 92.1 cm³/mol. The summed E-state index contributed by atoms with van der Waals surface area (Å²) < 4.78 is 21.5. The van der Waals surface area contributed by atoms with Crippen LogP contribution in [0.25, 0.3) is 0 Å². The number of furan rings is 1. The van der Waals surface area contributed by atoms with E-state index < -0.39 is 0 Å². The van der Waals surface area contributed by atoms with Crippen molar-refractivity contribution in [2.45, 2.75) is 13.0 Å². The highest BCUT2D eigenvalue weighted by Gasteiger charge is 2.20. The molecule has 6 nitrogen and oxygen atoms in total. The Bertz CT molecular complexity index is 717. The molecule has 0 fully saturated rings. The lowest BCUT2D eigenvalue weighted by Gasteiger charge is -2.23. The molecule has 1 amide bonds. The molecular formula is C18H20ClNO5. The van der Waals surface area contributed by atoms with Gasteiger partial charge in [0.15, 0.2) is 11.5 Å². The molecule has 0 radical (unpaired) electrons. The number of benzene rings is 1. The fraction of sp³-hybridized carbons (Fsp3) is 0.389.